The summed E-state index contributed by atoms with van der Waals surface area (Å²) in [6.45, 7) is 0.815. The normalized spacial score (nSPS) is 19.0. The highest BCUT2D eigenvalue weighted by molar-refractivity contribution is 7.89. The van der Waals surface area contributed by atoms with E-state index in [0.717, 1.165) is 5.56 Å². The summed E-state index contributed by atoms with van der Waals surface area (Å²) in [6, 6.07) is 4.77. The molecule has 1 aliphatic rings. The lowest BCUT2D eigenvalue weighted by molar-refractivity contribution is -0.00259. The van der Waals surface area contributed by atoms with Crippen LogP contribution in [0, 0.1) is 0 Å². The summed E-state index contributed by atoms with van der Waals surface area (Å²) in [7, 11) is 1.40. The Hall–Kier alpha value is -2.43. The third kappa shape index (κ3) is 2.89. The minimum absolute atomic E-state index is 0.169. The van der Waals surface area contributed by atoms with Gasteiger partial charge in [-0.3, -0.25) is 13.8 Å². The Kier molecular flexibility index (Phi) is 4.21. The van der Waals surface area contributed by atoms with Crippen LogP contribution in [-0.2, 0) is 35.9 Å². The molecule has 0 N–H and O–H groups in total. The van der Waals surface area contributed by atoms with Gasteiger partial charge in [-0.05, 0) is 18.2 Å². The molecule has 0 saturated carbocycles. The quantitative estimate of drug-likeness (QED) is 0.643. The molecule has 1 aliphatic heterocycles. The summed E-state index contributed by atoms with van der Waals surface area (Å²) in [4.78, 5) is 12.3. The van der Waals surface area contributed by atoms with E-state index in [1.807, 2.05) is 6.20 Å². The van der Waals surface area contributed by atoms with Crippen molar-refractivity contribution in [3.63, 3.8) is 0 Å². The number of nitrogens with zero attached hydrogens (tertiary/aromatic N) is 5. The minimum atomic E-state index is -3.71. The molecule has 0 aliphatic carbocycles. The number of morpholine rings is 1. The zero-order chi connectivity index (χ0) is 19.3. The summed E-state index contributed by atoms with van der Waals surface area (Å²) in [5.41, 5.74) is 1.93. The van der Waals surface area contributed by atoms with Gasteiger partial charge in [-0.15, -0.1) is 0 Å². The molecule has 3 aromatic rings. The Balaban J connectivity index is 1.69. The monoisotopic (exact) mass is 391 g/mol. The van der Waals surface area contributed by atoms with Gasteiger partial charge in [-0.25, -0.2) is 13.2 Å². The lowest BCUT2D eigenvalue weighted by Crippen LogP contribution is -2.42. The van der Waals surface area contributed by atoms with E-state index >= 15 is 0 Å². The van der Waals surface area contributed by atoms with Crippen LogP contribution in [0.4, 0.5) is 0 Å². The van der Waals surface area contributed by atoms with Crippen LogP contribution in [0.2, 0.25) is 0 Å². The number of aryl methyl sites for hydroxylation is 3. The molecule has 0 radical (unpaired) electrons. The molecule has 3 heterocycles. The summed E-state index contributed by atoms with van der Waals surface area (Å²) >= 11 is 0. The fourth-order valence-electron chi connectivity index (χ4n) is 3.45. The van der Waals surface area contributed by atoms with Gasteiger partial charge in [0, 0.05) is 46.0 Å². The average Bonchev–Trinajstić information content (AvgIpc) is 3.20. The third-order valence-electron chi connectivity index (χ3n) is 5.01. The summed E-state index contributed by atoms with van der Waals surface area (Å²) in [5, 5.41) is 4.13. The van der Waals surface area contributed by atoms with E-state index in [4.69, 9.17) is 4.74 Å². The molecule has 27 heavy (non-hydrogen) atoms. The molecule has 4 rings (SSSR count). The highest BCUT2D eigenvalue weighted by Gasteiger charge is 2.32. The lowest BCUT2D eigenvalue weighted by Gasteiger charge is -2.31. The van der Waals surface area contributed by atoms with E-state index in [-0.39, 0.29) is 29.8 Å². The second kappa shape index (κ2) is 6.32. The van der Waals surface area contributed by atoms with Crippen molar-refractivity contribution in [3.05, 3.63) is 46.6 Å². The largest absolute Gasteiger partial charge is 0.371 e. The van der Waals surface area contributed by atoms with E-state index in [1.165, 1.54) is 13.4 Å². The predicted octanol–water partition coefficient (Wildman–Crippen LogP) is 0.373. The maximum absolute atomic E-state index is 13.2. The zero-order valence-electron chi connectivity index (χ0n) is 15.4. The second-order valence-corrected chi connectivity index (χ2v) is 8.66. The van der Waals surface area contributed by atoms with E-state index in [2.05, 4.69) is 5.10 Å². The first kappa shape index (κ1) is 18.0. The summed E-state index contributed by atoms with van der Waals surface area (Å²) in [6.07, 6.45) is 3.16. The first-order valence-electron chi connectivity index (χ1n) is 8.55. The number of hydrogen-bond donors (Lipinski definition) is 0. The minimum Gasteiger partial charge on any atom is -0.371 e. The van der Waals surface area contributed by atoms with Crippen molar-refractivity contribution in [2.24, 2.45) is 21.1 Å². The fraction of sp³-hybridized carbons (Fsp3) is 0.412. The predicted molar refractivity (Wildman–Crippen MR) is 98.8 cm³/mol. The molecular formula is C17H21N5O4S. The van der Waals surface area contributed by atoms with Crippen molar-refractivity contribution >= 4 is 21.1 Å². The molecule has 144 valence electrons. The molecule has 1 atom stereocenters. The molecule has 1 fully saturated rings. The Morgan fingerprint density at radius 2 is 1.89 bits per heavy atom. The zero-order valence-corrected chi connectivity index (χ0v) is 16.2. The lowest BCUT2D eigenvalue weighted by atomic mass is 10.2. The van der Waals surface area contributed by atoms with Crippen LogP contribution < -0.4 is 5.69 Å². The number of benzene rings is 1. The number of fused-ring (bicyclic) bond motifs is 1. The van der Waals surface area contributed by atoms with Crippen LogP contribution in [0.25, 0.3) is 11.0 Å². The van der Waals surface area contributed by atoms with Crippen LogP contribution >= 0.6 is 0 Å². The maximum atomic E-state index is 13.2. The van der Waals surface area contributed by atoms with E-state index in [1.54, 1.807) is 50.2 Å². The van der Waals surface area contributed by atoms with Crippen LogP contribution in [0.3, 0.4) is 0 Å². The molecule has 2 aromatic heterocycles. The van der Waals surface area contributed by atoms with Gasteiger partial charge >= 0.3 is 5.69 Å². The number of imidazole rings is 1. The highest BCUT2D eigenvalue weighted by Crippen LogP contribution is 2.27. The molecule has 0 spiro atoms. The van der Waals surface area contributed by atoms with E-state index < -0.39 is 10.0 Å². The van der Waals surface area contributed by atoms with Gasteiger partial charge in [-0.2, -0.15) is 9.40 Å². The second-order valence-electron chi connectivity index (χ2n) is 6.72. The van der Waals surface area contributed by atoms with Crippen molar-refractivity contribution < 1.29 is 13.2 Å². The SMILES string of the molecule is Cn1cc([C@@H]2CN(S(=O)(=O)c3ccc4c(c3)n(C)c(=O)n4C)CCO2)cn1. The van der Waals surface area contributed by atoms with Gasteiger partial charge in [0.15, 0.2) is 0 Å². The van der Waals surface area contributed by atoms with Crippen LogP contribution in [0.5, 0.6) is 0 Å². The molecule has 0 amide bonds. The molecule has 1 aromatic carbocycles. The van der Waals surface area contributed by atoms with Crippen molar-refractivity contribution in [2.75, 3.05) is 19.7 Å². The van der Waals surface area contributed by atoms with E-state index in [9.17, 15) is 13.2 Å². The standard InChI is InChI=1S/C17H21N5O4S/c1-19-10-12(9-18-19)16-11-22(6-7-26-16)27(24,25)13-4-5-14-15(8-13)21(3)17(23)20(14)2/h4-5,8-10,16H,6-7,11H2,1-3H3/t16-/m0/s1. The van der Waals surface area contributed by atoms with Crippen LogP contribution in [-0.4, -0.2) is 51.3 Å². The van der Waals surface area contributed by atoms with Crippen molar-refractivity contribution in [1.29, 1.82) is 0 Å². The summed E-state index contributed by atoms with van der Waals surface area (Å²) < 4.78 is 38.1. The molecule has 0 bridgehead atoms. The Morgan fingerprint density at radius 1 is 1.15 bits per heavy atom. The molecule has 9 nitrogen and oxygen atoms in total. The van der Waals surface area contributed by atoms with E-state index in [0.29, 0.717) is 17.6 Å². The number of ether oxygens (including phenoxy) is 1. The molecule has 1 saturated heterocycles. The van der Waals surface area contributed by atoms with Gasteiger partial charge in [-0.1, -0.05) is 0 Å². The number of rotatable bonds is 3. The Labute approximate surface area is 156 Å². The van der Waals surface area contributed by atoms with Gasteiger partial charge < -0.3 is 4.74 Å². The third-order valence-corrected chi connectivity index (χ3v) is 6.87. The van der Waals surface area contributed by atoms with Gasteiger partial charge in [0.05, 0.1) is 34.8 Å². The van der Waals surface area contributed by atoms with Gasteiger partial charge in [0.1, 0.15) is 0 Å². The number of sulfonamides is 1. The molecule has 0 unspecified atom stereocenters. The van der Waals surface area contributed by atoms with Gasteiger partial charge in [0.25, 0.3) is 0 Å². The van der Waals surface area contributed by atoms with Crippen molar-refractivity contribution in [2.45, 2.75) is 11.0 Å². The number of aromatic nitrogens is 4. The fourth-order valence-corrected chi connectivity index (χ4v) is 4.89. The summed E-state index contributed by atoms with van der Waals surface area (Å²) in [5.74, 6) is 0. The first-order chi connectivity index (χ1) is 12.8. The smallest absolute Gasteiger partial charge is 0.328 e. The van der Waals surface area contributed by atoms with Crippen LogP contribution in [0.1, 0.15) is 11.7 Å². The molecule has 10 heteroatoms. The average molecular weight is 391 g/mol. The number of hydrogen-bond acceptors (Lipinski definition) is 5. The molecular weight excluding hydrogens is 370 g/mol. The Bertz CT molecular complexity index is 1170. The first-order valence-corrected chi connectivity index (χ1v) is 9.99. The van der Waals surface area contributed by atoms with Gasteiger partial charge in [0.2, 0.25) is 10.0 Å². The van der Waals surface area contributed by atoms with Crippen molar-refractivity contribution in [1.82, 2.24) is 23.2 Å². The Morgan fingerprint density at radius 3 is 2.59 bits per heavy atom. The highest BCUT2D eigenvalue weighted by atomic mass is 32.2. The van der Waals surface area contributed by atoms with Crippen molar-refractivity contribution in [3.8, 4) is 0 Å². The topological polar surface area (TPSA) is 91.4 Å². The maximum Gasteiger partial charge on any atom is 0.328 e. The van der Waals surface area contributed by atoms with Crippen LogP contribution in [0.15, 0.2) is 40.3 Å².